The summed E-state index contributed by atoms with van der Waals surface area (Å²) in [5, 5.41) is 5.58. The van der Waals surface area contributed by atoms with E-state index < -0.39 is 0 Å². The van der Waals surface area contributed by atoms with Crippen molar-refractivity contribution in [2.24, 2.45) is 0 Å². The predicted molar refractivity (Wildman–Crippen MR) is 132 cm³/mol. The molecule has 5 rings (SSSR count). The van der Waals surface area contributed by atoms with Crippen LogP contribution in [0.1, 0.15) is 31.2 Å². The molecule has 0 bridgehead atoms. The highest BCUT2D eigenvalue weighted by Gasteiger charge is 2.38. The smallest absolute Gasteiger partial charge is 0.222 e. The Kier molecular flexibility index (Phi) is 6.22. The molecule has 0 saturated carbocycles. The van der Waals surface area contributed by atoms with E-state index >= 15 is 0 Å². The maximum absolute atomic E-state index is 14.1. The second-order valence-electron chi connectivity index (χ2n) is 9.51. The zero-order valence-corrected chi connectivity index (χ0v) is 19.3. The summed E-state index contributed by atoms with van der Waals surface area (Å²) in [7, 11) is 0. The first-order valence-corrected chi connectivity index (χ1v) is 12.1. The van der Waals surface area contributed by atoms with Crippen LogP contribution in [-0.4, -0.2) is 48.4 Å². The number of nitrogens with one attached hydrogen (secondary N) is 1. The molecule has 1 atom stereocenters. The molecule has 34 heavy (non-hydrogen) atoms. The minimum absolute atomic E-state index is 0.0618. The van der Waals surface area contributed by atoms with E-state index in [0.29, 0.717) is 51.1 Å². The number of piperazine rings is 1. The van der Waals surface area contributed by atoms with Crippen molar-refractivity contribution in [3.8, 4) is 0 Å². The van der Waals surface area contributed by atoms with Gasteiger partial charge in [-0.1, -0.05) is 54.6 Å². The molecule has 2 fully saturated rings. The van der Waals surface area contributed by atoms with Gasteiger partial charge < -0.3 is 15.1 Å². The number of benzene rings is 3. The summed E-state index contributed by atoms with van der Waals surface area (Å²) in [6.45, 7) is 2.39. The van der Waals surface area contributed by atoms with Crippen LogP contribution in [0, 0.1) is 5.82 Å². The summed E-state index contributed by atoms with van der Waals surface area (Å²) >= 11 is 0. The molecule has 0 radical (unpaired) electrons. The molecule has 2 amide bonds. The summed E-state index contributed by atoms with van der Waals surface area (Å²) < 4.78 is 14.1. The molecule has 3 aromatic rings. The SMILES string of the molecule is O=C1CC[C@](CCC(=O)N2CCN(c3ccccc3F)CC2)(Cc2ccc3ccccc3c2)N1. The Hall–Kier alpha value is -3.41. The minimum Gasteiger partial charge on any atom is -0.366 e. The van der Waals surface area contributed by atoms with Crippen LogP contribution in [0.4, 0.5) is 10.1 Å². The second-order valence-corrected chi connectivity index (χ2v) is 9.51. The van der Waals surface area contributed by atoms with Crippen LogP contribution < -0.4 is 10.2 Å². The van der Waals surface area contributed by atoms with E-state index in [4.69, 9.17) is 0 Å². The third kappa shape index (κ3) is 4.76. The van der Waals surface area contributed by atoms with Crippen LogP contribution in [0.3, 0.4) is 0 Å². The molecular formula is C28H30FN3O2. The van der Waals surface area contributed by atoms with Crippen molar-refractivity contribution >= 4 is 28.3 Å². The van der Waals surface area contributed by atoms with Gasteiger partial charge in [-0.2, -0.15) is 0 Å². The number of hydrogen-bond acceptors (Lipinski definition) is 3. The van der Waals surface area contributed by atoms with Crippen LogP contribution in [0.25, 0.3) is 10.8 Å². The molecule has 6 heteroatoms. The van der Waals surface area contributed by atoms with Gasteiger partial charge in [0.2, 0.25) is 11.8 Å². The predicted octanol–water partition coefficient (Wildman–Crippen LogP) is 4.30. The summed E-state index contributed by atoms with van der Waals surface area (Å²) in [4.78, 5) is 29.1. The zero-order chi connectivity index (χ0) is 23.5. The first-order valence-electron chi connectivity index (χ1n) is 12.1. The lowest BCUT2D eigenvalue weighted by Crippen LogP contribution is -2.50. The summed E-state index contributed by atoms with van der Waals surface area (Å²) in [6.07, 6.45) is 2.99. The van der Waals surface area contributed by atoms with Gasteiger partial charge in [-0.15, -0.1) is 0 Å². The summed E-state index contributed by atoms with van der Waals surface area (Å²) in [5.41, 5.74) is 1.38. The van der Waals surface area contributed by atoms with Gasteiger partial charge in [0.1, 0.15) is 5.82 Å². The Balaban J connectivity index is 1.21. The van der Waals surface area contributed by atoms with Gasteiger partial charge in [0.05, 0.1) is 5.69 Å². The molecule has 2 heterocycles. The summed E-state index contributed by atoms with van der Waals surface area (Å²) in [5.74, 6) is -0.0613. The van der Waals surface area contributed by atoms with Gasteiger partial charge in [0.15, 0.2) is 0 Å². The van der Waals surface area contributed by atoms with Crippen LogP contribution in [0.2, 0.25) is 0 Å². The molecule has 2 aliphatic heterocycles. The highest BCUT2D eigenvalue weighted by atomic mass is 19.1. The Morgan fingerprint density at radius 2 is 1.68 bits per heavy atom. The third-order valence-corrected chi connectivity index (χ3v) is 7.23. The van der Waals surface area contributed by atoms with Crippen molar-refractivity contribution in [1.82, 2.24) is 10.2 Å². The fourth-order valence-corrected chi connectivity index (χ4v) is 5.33. The fourth-order valence-electron chi connectivity index (χ4n) is 5.33. The number of rotatable bonds is 6. The molecule has 0 aromatic heterocycles. The number of fused-ring (bicyclic) bond motifs is 1. The van der Waals surface area contributed by atoms with E-state index in [1.54, 1.807) is 12.1 Å². The zero-order valence-electron chi connectivity index (χ0n) is 19.3. The molecule has 0 unspecified atom stereocenters. The number of carbonyl (C=O) groups is 2. The lowest BCUT2D eigenvalue weighted by molar-refractivity contribution is -0.132. The Labute approximate surface area is 199 Å². The van der Waals surface area contributed by atoms with Crippen LogP contribution in [-0.2, 0) is 16.0 Å². The molecule has 0 spiro atoms. The molecule has 2 saturated heterocycles. The molecule has 0 aliphatic carbocycles. The maximum Gasteiger partial charge on any atom is 0.222 e. The Morgan fingerprint density at radius 3 is 2.41 bits per heavy atom. The lowest BCUT2D eigenvalue weighted by Gasteiger charge is -2.37. The molecule has 5 nitrogen and oxygen atoms in total. The quantitative estimate of drug-likeness (QED) is 0.598. The third-order valence-electron chi connectivity index (χ3n) is 7.23. The van der Waals surface area contributed by atoms with E-state index in [9.17, 15) is 14.0 Å². The standard InChI is InChI=1S/C28H30FN3O2/c29-24-7-3-4-8-25(24)31-15-17-32(18-16-31)27(34)12-14-28(13-11-26(33)30-28)20-21-9-10-22-5-1-2-6-23(22)19-21/h1-10,19H,11-18,20H2,(H,30,33)/t28-/m0/s1. The molecule has 3 aromatic carbocycles. The maximum atomic E-state index is 14.1. The largest absolute Gasteiger partial charge is 0.366 e. The van der Waals surface area contributed by atoms with Crippen LogP contribution >= 0.6 is 0 Å². The normalized spacial score (nSPS) is 20.6. The molecular weight excluding hydrogens is 429 g/mol. The average molecular weight is 460 g/mol. The lowest BCUT2D eigenvalue weighted by atomic mass is 9.84. The van der Waals surface area contributed by atoms with Gasteiger partial charge in [-0.25, -0.2) is 4.39 Å². The van der Waals surface area contributed by atoms with Crippen LogP contribution in [0.5, 0.6) is 0 Å². The molecule has 176 valence electrons. The Morgan fingerprint density at radius 1 is 0.941 bits per heavy atom. The first kappa shape index (κ1) is 22.4. The van der Waals surface area contributed by atoms with Crippen LogP contribution in [0.15, 0.2) is 66.7 Å². The number of para-hydroxylation sites is 1. The van der Waals surface area contributed by atoms with Crippen molar-refractivity contribution in [2.45, 2.75) is 37.6 Å². The highest BCUT2D eigenvalue weighted by Crippen LogP contribution is 2.31. The minimum atomic E-state index is -0.385. The van der Waals surface area contributed by atoms with E-state index in [0.717, 1.165) is 12.8 Å². The molecule has 1 N–H and O–H groups in total. The second kappa shape index (κ2) is 9.45. The van der Waals surface area contributed by atoms with Crippen molar-refractivity contribution < 1.29 is 14.0 Å². The fraction of sp³-hybridized carbons (Fsp3) is 0.357. The van der Waals surface area contributed by atoms with Crippen molar-refractivity contribution in [2.75, 3.05) is 31.1 Å². The number of amides is 2. The van der Waals surface area contributed by atoms with Crippen molar-refractivity contribution in [3.05, 3.63) is 78.1 Å². The average Bonchev–Trinajstić information content (AvgIpc) is 3.23. The molecule has 2 aliphatic rings. The van der Waals surface area contributed by atoms with Crippen molar-refractivity contribution in [1.29, 1.82) is 0 Å². The first-order chi connectivity index (χ1) is 16.5. The van der Waals surface area contributed by atoms with E-state index in [1.807, 2.05) is 28.0 Å². The highest BCUT2D eigenvalue weighted by molar-refractivity contribution is 5.83. The van der Waals surface area contributed by atoms with E-state index in [2.05, 4.69) is 35.6 Å². The van der Waals surface area contributed by atoms with Gasteiger partial charge in [-0.3, -0.25) is 9.59 Å². The number of nitrogens with zero attached hydrogens (tertiary/aromatic N) is 2. The number of carbonyl (C=O) groups excluding carboxylic acids is 2. The van der Waals surface area contributed by atoms with Gasteiger partial charge in [0, 0.05) is 44.6 Å². The number of anilines is 1. The number of hydrogen-bond donors (Lipinski definition) is 1. The monoisotopic (exact) mass is 459 g/mol. The number of halogens is 1. The van der Waals surface area contributed by atoms with Crippen molar-refractivity contribution in [3.63, 3.8) is 0 Å². The topological polar surface area (TPSA) is 52.7 Å². The van der Waals surface area contributed by atoms with Gasteiger partial charge >= 0.3 is 0 Å². The van der Waals surface area contributed by atoms with Gasteiger partial charge in [-0.05, 0) is 47.7 Å². The van der Waals surface area contributed by atoms with E-state index in [1.165, 1.54) is 22.4 Å². The van der Waals surface area contributed by atoms with Gasteiger partial charge in [0.25, 0.3) is 0 Å². The van der Waals surface area contributed by atoms with E-state index in [-0.39, 0.29) is 23.2 Å². The summed E-state index contributed by atoms with van der Waals surface area (Å²) in [6, 6.07) is 21.5. The Bertz CT molecular complexity index is 1200.